The zero-order chi connectivity index (χ0) is 9.19. The van der Waals surface area contributed by atoms with Crippen LogP contribution in [0.2, 0.25) is 0 Å². The van der Waals surface area contributed by atoms with Crippen molar-refractivity contribution < 1.29 is 8.42 Å². The minimum atomic E-state index is -2.93. The van der Waals surface area contributed by atoms with Gasteiger partial charge in [0.1, 0.15) is 0 Å². The van der Waals surface area contributed by atoms with Crippen LogP contribution in [0.3, 0.4) is 0 Å². The van der Waals surface area contributed by atoms with Crippen molar-refractivity contribution in [3.63, 3.8) is 0 Å². The molecule has 1 fully saturated rings. The Hall–Kier alpha value is -0.0900. The van der Waals surface area contributed by atoms with Gasteiger partial charge < -0.3 is 0 Å². The van der Waals surface area contributed by atoms with Gasteiger partial charge in [-0.3, -0.25) is 0 Å². The van der Waals surface area contributed by atoms with Gasteiger partial charge in [-0.15, -0.1) is 0 Å². The van der Waals surface area contributed by atoms with E-state index in [9.17, 15) is 8.42 Å². The molecule has 0 aromatic rings. The average molecular weight is 191 g/mol. The molecule has 0 atom stereocenters. The largest absolute Gasteiger partial charge is 0.214 e. The fraction of sp³-hybridized carbons (Fsp3) is 1.00. The number of sulfonamides is 1. The molecule has 0 aromatic heterocycles. The SMILES string of the molecule is CC(C)CS(=O)(=O)N1CCCC1. The molecule has 1 rings (SSSR count). The lowest BCUT2D eigenvalue weighted by Crippen LogP contribution is -2.31. The summed E-state index contributed by atoms with van der Waals surface area (Å²) in [4.78, 5) is 0. The third kappa shape index (κ3) is 2.45. The Balaban J connectivity index is 2.58. The van der Waals surface area contributed by atoms with Crippen LogP contribution in [-0.2, 0) is 10.0 Å². The van der Waals surface area contributed by atoms with Crippen molar-refractivity contribution in [2.45, 2.75) is 26.7 Å². The molecule has 0 amide bonds. The monoisotopic (exact) mass is 191 g/mol. The van der Waals surface area contributed by atoms with Crippen molar-refractivity contribution in [2.75, 3.05) is 18.8 Å². The Morgan fingerprint density at radius 1 is 1.25 bits per heavy atom. The van der Waals surface area contributed by atoms with E-state index in [0.717, 1.165) is 25.9 Å². The molecule has 1 saturated heterocycles. The first-order valence-corrected chi connectivity index (χ1v) is 6.11. The molecule has 1 aliphatic heterocycles. The van der Waals surface area contributed by atoms with Crippen LogP contribution in [0.1, 0.15) is 26.7 Å². The summed E-state index contributed by atoms with van der Waals surface area (Å²) in [5, 5.41) is 0. The van der Waals surface area contributed by atoms with Gasteiger partial charge in [0.05, 0.1) is 5.75 Å². The topological polar surface area (TPSA) is 37.4 Å². The van der Waals surface area contributed by atoms with Crippen molar-refractivity contribution in [1.82, 2.24) is 4.31 Å². The van der Waals surface area contributed by atoms with Crippen LogP contribution in [0.5, 0.6) is 0 Å². The lowest BCUT2D eigenvalue weighted by molar-refractivity contribution is 0.470. The number of hydrogen-bond donors (Lipinski definition) is 0. The fourth-order valence-electron chi connectivity index (χ4n) is 1.49. The lowest BCUT2D eigenvalue weighted by Gasteiger charge is -2.16. The Morgan fingerprint density at radius 3 is 2.17 bits per heavy atom. The average Bonchev–Trinajstić information content (AvgIpc) is 2.32. The van der Waals surface area contributed by atoms with Crippen molar-refractivity contribution in [1.29, 1.82) is 0 Å². The number of nitrogens with zero attached hydrogens (tertiary/aromatic N) is 1. The molecule has 0 spiro atoms. The Morgan fingerprint density at radius 2 is 1.75 bits per heavy atom. The summed E-state index contributed by atoms with van der Waals surface area (Å²) in [6, 6.07) is 0. The van der Waals surface area contributed by atoms with Crippen molar-refractivity contribution in [3.8, 4) is 0 Å². The standard InChI is InChI=1S/C8H17NO2S/c1-8(2)7-12(10,11)9-5-3-4-6-9/h8H,3-7H2,1-2H3. The van der Waals surface area contributed by atoms with E-state index in [1.807, 2.05) is 13.8 Å². The molecule has 3 nitrogen and oxygen atoms in total. The van der Waals surface area contributed by atoms with Gasteiger partial charge in [-0.1, -0.05) is 13.8 Å². The molecule has 0 N–H and O–H groups in total. The van der Waals surface area contributed by atoms with Crippen LogP contribution in [-0.4, -0.2) is 31.6 Å². The third-order valence-electron chi connectivity index (χ3n) is 2.00. The predicted molar refractivity (Wildman–Crippen MR) is 49.4 cm³/mol. The summed E-state index contributed by atoms with van der Waals surface area (Å²) in [7, 11) is -2.93. The molecule has 0 aliphatic carbocycles. The van der Waals surface area contributed by atoms with Gasteiger partial charge in [-0.05, 0) is 18.8 Å². The maximum atomic E-state index is 11.6. The Kier molecular flexibility index (Phi) is 3.12. The number of rotatable bonds is 3. The molecule has 12 heavy (non-hydrogen) atoms. The van der Waals surface area contributed by atoms with Crippen LogP contribution in [0.15, 0.2) is 0 Å². The van der Waals surface area contributed by atoms with E-state index in [1.165, 1.54) is 0 Å². The third-order valence-corrected chi connectivity index (χ3v) is 4.24. The highest BCUT2D eigenvalue weighted by molar-refractivity contribution is 7.89. The van der Waals surface area contributed by atoms with E-state index in [1.54, 1.807) is 4.31 Å². The first-order chi connectivity index (χ1) is 5.52. The highest BCUT2D eigenvalue weighted by Crippen LogP contribution is 2.14. The zero-order valence-electron chi connectivity index (χ0n) is 7.78. The smallest absolute Gasteiger partial charge is 0.212 e. The molecule has 0 bridgehead atoms. The maximum absolute atomic E-state index is 11.6. The van der Waals surface area contributed by atoms with E-state index in [2.05, 4.69) is 0 Å². The normalized spacial score (nSPS) is 20.6. The van der Waals surface area contributed by atoms with Crippen LogP contribution < -0.4 is 0 Å². The molecule has 4 heteroatoms. The first-order valence-electron chi connectivity index (χ1n) is 4.50. The van der Waals surface area contributed by atoms with E-state index < -0.39 is 10.0 Å². The van der Waals surface area contributed by atoms with Gasteiger partial charge >= 0.3 is 0 Å². The van der Waals surface area contributed by atoms with Gasteiger partial charge in [-0.25, -0.2) is 12.7 Å². The molecule has 0 radical (unpaired) electrons. The van der Waals surface area contributed by atoms with Gasteiger partial charge in [0, 0.05) is 13.1 Å². The molecule has 0 saturated carbocycles. The summed E-state index contributed by atoms with van der Waals surface area (Å²) in [6.07, 6.45) is 2.05. The summed E-state index contributed by atoms with van der Waals surface area (Å²) in [6.45, 7) is 5.34. The second kappa shape index (κ2) is 3.75. The highest BCUT2D eigenvalue weighted by Gasteiger charge is 2.25. The molecule has 72 valence electrons. The van der Waals surface area contributed by atoms with E-state index in [4.69, 9.17) is 0 Å². The summed E-state index contributed by atoms with van der Waals surface area (Å²) in [5.74, 6) is 0.531. The van der Waals surface area contributed by atoms with Crippen LogP contribution in [0.4, 0.5) is 0 Å². The minimum absolute atomic E-state index is 0.232. The van der Waals surface area contributed by atoms with E-state index in [0.29, 0.717) is 5.75 Å². The molecular formula is C8H17NO2S. The molecule has 0 unspecified atom stereocenters. The predicted octanol–water partition coefficient (Wildman–Crippen LogP) is 1.07. The second-order valence-electron chi connectivity index (χ2n) is 3.78. The molecular weight excluding hydrogens is 174 g/mol. The Bertz CT molecular complexity index is 227. The summed E-state index contributed by atoms with van der Waals surface area (Å²) < 4.78 is 24.8. The van der Waals surface area contributed by atoms with Gasteiger partial charge in [0.15, 0.2) is 0 Å². The lowest BCUT2D eigenvalue weighted by atomic mass is 10.3. The first kappa shape index (κ1) is 9.99. The summed E-state index contributed by atoms with van der Waals surface area (Å²) >= 11 is 0. The summed E-state index contributed by atoms with van der Waals surface area (Å²) in [5.41, 5.74) is 0. The van der Waals surface area contributed by atoms with Gasteiger partial charge in [-0.2, -0.15) is 0 Å². The Labute approximate surface area is 74.8 Å². The van der Waals surface area contributed by atoms with Gasteiger partial charge in [0.2, 0.25) is 10.0 Å². The van der Waals surface area contributed by atoms with Crippen LogP contribution in [0, 0.1) is 5.92 Å². The molecule has 0 aromatic carbocycles. The number of hydrogen-bond acceptors (Lipinski definition) is 2. The van der Waals surface area contributed by atoms with E-state index >= 15 is 0 Å². The van der Waals surface area contributed by atoms with Crippen molar-refractivity contribution >= 4 is 10.0 Å². The van der Waals surface area contributed by atoms with Crippen molar-refractivity contribution in [2.24, 2.45) is 5.92 Å². The molecule has 1 heterocycles. The highest BCUT2D eigenvalue weighted by atomic mass is 32.2. The second-order valence-corrected chi connectivity index (χ2v) is 5.79. The quantitative estimate of drug-likeness (QED) is 0.669. The maximum Gasteiger partial charge on any atom is 0.214 e. The van der Waals surface area contributed by atoms with Crippen molar-refractivity contribution in [3.05, 3.63) is 0 Å². The van der Waals surface area contributed by atoms with Gasteiger partial charge in [0.25, 0.3) is 0 Å². The minimum Gasteiger partial charge on any atom is -0.212 e. The zero-order valence-corrected chi connectivity index (χ0v) is 8.60. The van der Waals surface area contributed by atoms with E-state index in [-0.39, 0.29) is 5.92 Å². The fourth-order valence-corrected chi connectivity index (χ4v) is 3.36. The molecule has 1 aliphatic rings. The van der Waals surface area contributed by atoms with Crippen LogP contribution in [0.25, 0.3) is 0 Å². The van der Waals surface area contributed by atoms with Crippen LogP contribution >= 0.6 is 0 Å².